The van der Waals surface area contributed by atoms with E-state index in [4.69, 9.17) is 0 Å². The molecule has 38 heavy (non-hydrogen) atoms. The van der Waals surface area contributed by atoms with Crippen molar-refractivity contribution in [1.29, 1.82) is 0 Å². The van der Waals surface area contributed by atoms with E-state index in [9.17, 15) is 18.4 Å². The Labute approximate surface area is 222 Å². The van der Waals surface area contributed by atoms with Crippen LogP contribution in [0, 0.1) is 11.6 Å². The number of benzene rings is 3. The lowest BCUT2D eigenvalue weighted by Gasteiger charge is -2.14. The number of halogens is 2. The van der Waals surface area contributed by atoms with E-state index in [1.807, 2.05) is 37.3 Å². The Balaban J connectivity index is 0.000000304. The maximum absolute atomic E-state index is 12.5. The van der Waals surface area contributed by atoms with Gasteiger partial charge in [0.1, 0.15) is 0 Å². The summed E-state index contributed by atoms with van der Waals surface area (Å²) in [6.07, 6.45) is 1.83. The average Bonchev–Trinajstić information content (AvgIpc) is 3.23. The van der Waals surface area contributed by atoms with Gasteiger partial charge in [0.2, 0.25) is 0 Å². The number of hydrogen-bond acceptors (Lipinski definition) is 3. The Bertz CT molecular complexity index is 1380. The number of fused-ring (bicyclic) bond motifs is 1. The molecule has 1 heterocycles. The first-order valence-electron chi connectivity index (χ1n) is 12.8. The second kappa shape index (κ2) is 13.6. The van der Waals surface area contributed by atoms with Crippen molar-refractivity contribution < 1.29 is 18.4 Å². The number of amides is 1. The molecule has 0 aliphatic heterocycles. The molecule has 0 radical (unpaired) electrons. The van der Waals surface area contributed by atoms with Crippen molar-refractivity contribution in [3.8, 4) is 0 Å². The van der Waals surface area contributed by atoms with E-state index in [0.29, 0.717) is 25.2 Å². The molecule has 3 aromatic carbocycles. The van der Waals surface area contributed by atoms with Gasteiger partial charge in [-0.25, -0.2) is 8.78 Å². The topological polar surface area (TPSA) is 63.1 Å². The molecule has 5 nitrogen and oxygen atoms in total. The molecular formula is C31H35F2N3O2. The van der Waals surface area contributed by atoms with Gasteiger partial charge < -0.3 is 15.2 Å². The van der Waals surface area contributed by atoms with Crippen LogP contribution in [0.2, 0.25) is 0 Å². The van der Waals surface area contributed by atoms with Gasteiger partial charge in [-0.3, -0.25) is 9.59 Å². The van der Waals surface area contributed by atoms with E-state index in [1.165, 1.54) is 6.07 Å². The second-order valence-electron chi connectivity index (χ2n) is 9.41. The van der Waals surface area contributed by atoms with Crippen molar-refractivity contribution in [2.24, 2.45) is 0 Å². The zero-order valence-electron chi connectivity index (χ0n) is 22.4. The Morgan fingerprint density at radius 1 is 0.974 bits per heavy atom. The monoisotopic (exact) mass is 519 g/mol. The van der Waals surface area contributed by atoms with Gasteiger partial charge in [0.05, 0.1) is 5.52 Å². The van der Waals surface area contributed by atoms with Gasteiger partial charge in [-0.1, -0.05) is 63.2 Å². The summed E-state index contributed by atoms with van der Waals surface area (Å²) >= 11 is 0. The van der Waals surface area contributed by atoms with E-state index in [1.54, 1.807) is 19.2 Å². The molecule has 0 bridgehead atoms. The molecule has 0 unspecified atom stereocenters. The van der Waals surface area contributed by atoms with Crippen molar-refractivity contribution >= 4 is 23.1 Å². The van der Waals surface area contributed by atoms with Gasteiger partial charge in [0.15, 0.2) is 17.9 Å². The fourth-order valence-corrected chi connectivity index (χ4v) is 4.41. The van der Waals surface area contributed by atoms with Crippen LogP contribution in [0.25, 0.3) is 10.9 Å². The van der Waals surface area contributed by atoms with Gasteiger partial charge in [-0.15, -0.1) is 0 Å². The van der Waals surface area contributed by atoms with Crippen molar-refractivity contribution in [2.45, 2.75) is 46.2 Å². The quantitative estimate of drug-likeness (QED) is 0.250. The van der Waals surface area contributed by atoms with Crippen LogP contribution < -0.4 is 10.6 Å². The number of aldehydes is 1. The molecule has 0 saturated heterocycles. The lowest BCUT2D eigenvalue weighted by atomic mass is 10.0. The highest BCUT2D eigenvalue weighted by molar-refractivity contribution is 6.03. The number of nitrogens with one attached hydrogen (secondary N) is 2. The van der Waals surface area contributed by atoms with E-state index in [-0.39, 0.29) is 11.8 Å². The van der Waals surface area contributed by atoms with Crippen molar-refractivity contribution in [1.82, 2.24) is 15.2 Å². The highest BCUT2D eigenvalue weighted by atomic mass is 19.2. The molecule has 1 aromatic heterocycles. The first-order valence-corrected chi connectivity index (χ1v) is 12.8. The second-order valence-corrected chi connectivity index (χ2v) is 9.41. The molecule has 0 atom stereocenters. The van der Waals surface area contributed by atoms with Crippen LogP contribution in [0.1, 0.15) is 70.6 Å². The van der Waals surface area contributed by atoms with Gasteiger partial charge in [-0.2, -0.15) is 0 Å². The maximum Gasteiger partial charge on any atom is 0.251 e. The molecule has 2 N–H and O–H groups in total. The highest BCUT2D eigenvalue weighted by Crippen LogP contribution is 2.31. The van der Waals surface area contributed by atoms with Crippen LogP contribution in [0.4, 0.5) is 8.78 Å². The summed E-state index contributed by atoms with van der Waals surface area (Å²) in [6.45, 7) is 8.09. The van der Waals surface area contributed by atoms with Crippen molar-refractivity contribution in [3.05, 3.63) is 106 Å². The van der Waals surface area contributed by atoms with Crippen LogP contribution in [0.5, 0.6) is 0 Å². The number of rotatable bonds is 9. The van der Waals surface area contributed by atoms with Crippen LogP contribution >= 0.6 is 0 Å². The van der Waals surface area contributed by atoms with Crippen molar-refractivity contribution in [2.75, 3.05) is 13.6 Å². The SMILES string of the molecule is CCCNC(=O)c1ccc2c(C=O)c(C(C)C)n(Cc3ccccc3)c2c1.CNCc1ccc(F)c(F)c1. The summed E-state index contributed by atoms with van der Waals surface area (Å²) < 4.78 is 27.0. The number of carbonyl (C=O) groups excluding carboxylic acids is 2. The predicted octanol–water partition coefficient (Wildman–Crippen LogP) is 6.45. The Morgan fingerprint density at radius 2 is 1.71 bits per heavy atom. The average molecular weight is 520 g/mol. The van der Waals surface area contributed by atoms with Crippen LogP contribution in [-0.2, 0) is 13.1 Å². The van der Waals surface area contributed by atoms with Crippen LogP contribution in [0.3, 0.4) is 0 Å². The maximum atomic E-state index is 12.5. The third-order valence-electron chi connectivity index (χ3n) is 6.16. The molecule has 1 amide bonds. The van der Waals surface area contributed by atoms with Gasteiger partial charge in [-0.05, 0) is 54.8 Å². The van der Waals surface area contributed by atoms with Gasteiger partial charge in [0, 0.05) is 41.8 Å². The number of aromatic nitrogens is 1. The van der Waals surface area contributed by atoms with Crippen LogP contribution in [0.15, 0.2) is 66.7 Å². The predicted molar refractivity (Wildman–Crippen MR) is 149 cm³/mol. The zero-order chi connectivity index (χ0) is 27.7. The zero-order valence-corrected chi connectivity index (χ0v) is 22.4. The third kappa shape index (κ3) is 6.92. The molecule has 0 spiro atoms. The Hall–Kier alpha value is -3.84. The minimum Gasteiger partial charge on any atom is -0.352 e. The molecule has 0 aliphatic carbocycles. The smallest absolute Gasteiger partial charge is 0.251 e. The van der Waals surface area contributed by atoms with E-state index in [2.05, 4.69) is 41.2 Å². The normalized spacial score (nSPS) is 10.8. The largest absolute Gasteiger partial charge is 0.352 e. The number of nitrogens with zero attached hydrogens (tertiary/aromatic N) is 1. The molecule has 7 heteroatoms. The van der Waals surface area contributed by atoms with E-state index >= 15 is 0 Å². The fourth-order valence-electron chi connectivity index (χ4n) is 4.41. The summed E-state index contributed by atoms with van der Waals surface area (Å²) in [5.41, 5.74) is 5.18. The summed E-state index contributed by atoms with van der Waals surface area (Å²) in [5.74, 6) is -1.48. The third-order valence-corrected chi connectivity index (χ3v) is 6.16. The van der Waals surface area contributed by atoms with Gasteiger partial charge >= 0.3 is 0 Å². The minimum atomic E-state index is -0.801. The summed E-state index contributed by atoms with van der Waals surface area (Å²) in [7, 11) is 1.75. The molecule has 0 fully saturated rings. The standard InChI is InChI=1S/C23H26N2O2.C8H9F2N/c1-4-12-24-23(27)18-10-11-19-20(15-26)22(16(2)3)25(21(19)13-18)14-17-8-6-5-7-9-17;1-11-5-6-2-3-7(9)8(10)4-6/h5-11,13,15-16H,4,12,14H2,1-3H3,(H,24,27);2-4,11H,5H2,1H3. The van der Waals surface area contributed by atoms with Crippen LogP contribution in [-0.4, -0.2) is 30.4 Å². The summed E-state index contributed by atoms with van der Waals surface area (Å²) in [5, 5.41) is 6.66. The van der Waals surface area contributed by atoms with E-state index < -0.39 is 11.6 Å². The molecule has 4 rings (SSSR count). The van der Waals surface area contributed by atoms with Gasteiger partial charge in [0.25, 0.3) is 5.91 Å². The number of carbonyl (C=O) groups is 2. The lowest BCUT2D eigenvalue weighted by molar-refractivity contribution is 0.0953. The lowest BCUT2D eigenvalue weighted by Crippen LogP contribution is -2.23. The first-order chi connectivity index (χ1) is 18.3. The Morgan fingerprint density at radius 3 is 2.32 bits per heavy atom. The molecular weight excluding hydrogens is 484 g/mol. The fraction of sp³-hybridized carbons (Fsp3) is 0.290. The molecule has 4 aromatic rings. The molecule has 0 saturated carbocycles. The number of hydrogen-bond donors (Lipinski definition) is 2. The highest BCUT2D eigenvalue weighted by Gasteiger charge is 2.20. The minimum absolute atomic E-state index is 0.0787. The van der Waals surface area contributed by atoms with Crippen molar-refractivity contribution in [3.63, 3.8) is 0 Å². The van der Waals surface area contributed by atoms with E-state index in [0.717, 1.165) is 52.1 Å². The Kier molecular flexibility index (Phi) is 10.3. The summed E-state index contributed by atoms with van der Waals surface area (Å²) in [6, 6.07) is 19.6. The molecule has 200 valence electrons. The molecule has 0 aliphatic rings. The first kappa shape index (κ1) is 28.7. The summed E-state index contributed by atoms with van der Waals surface area (Å²) in [4.78, 5) is 24.3.